The number of nitrogen functional groups attached to an aromatic ring is 1. The van der Waals surface area contributed by atoms with Gasteiger partial charge in [0.1, 0.15) is 0 Å². The summed E-state index contributed by atoms with van der Waals surface area (Å²) >= 11 is 0. The zero-order valence-corrected chi connectivity index (χ0v) is 17.2. The second-order valence-electron chi connectivity index (χ2n) is 7.08. The van der Waals surface area contributed by atoms with Crippen LogP contribution in [0.2, 0.25) is 0 Å². The second-order valence-corrected chi connectivity index (χ2v) is 7.08. The summed E-state index contributed by atoms with van der Waals surface area (Å²) in [6.07, 6.45) is 3.85. The number of nitrogens with zero attached hydrogens (tertiary/aromatic N) is 9. The van der Waals surface area contributed by atoms with Crippen molar-refractivity contribution < 1.29 is 0 Å². The Morgan fingerprint density at radius 1 is 1.12 bits per heavy atom. The molecule has 4 heterocycles. The molecule has 0 atom stereocenters. The quantitative estimate of drug-likeness (QED) is 0.456. The van der Waals surface area contributed by atoms with E-state index in [4.69, 9.17) is 10.7 Å². The van der Waals surface area contributed by atoms with Crippen LogP contribution in [0.15, 0.2) is 54.9 Å². The van der Waals surface area contributed by atoms with E-state index in [9.17, 15) is 5.26 Å². The summed E-state index contributed by atoms with van der Waals surface area (Å²) in [6, 6.07) is 15.1. The lowest BCUT2D eigenvalue weighted by Crippen LogP contribution is -2.08. The van der Waals surface area contributed by atoms with Crippen LogP contribution in [0.3, 0.4) is 0 Å². The molecule has 0 spiro atoms. The third-order valence-corrected chi connectivity index (χ3v) is 5.06. The number of nitriles is 1. The molecule has 0 fully saturated rings. The van der Waals surface area contributed by atoms with Gasteiger partial charge in [-0.2, -0.15) is 9.78 Å². The van der Waals surface area contributed by atoms with Crippen LogP contribution in [0.1, 0.15) is 24.0 Å². The first-order valence-corrected chi connectivity index (χ1v) is 10.0. The standard InChI is InChI=1S/C22H18N10/c1-2-31-17(13-26-30-31)19-20(15-7-5-6-14(10-15)12-23)28-22(24)32-21(19)27-18(29-32)11-16-8-3-4-9-25-16/h3-10,13H,2,11H2,1H3,(H2,24,28). The monoisotopic (exact) mass is 422 g/mol. The maximum atomic E-state index is 9.36. The average molecular weight is 422 g/mol. The van der Waals surface area contributed by atoms with Crippen molar-refractivity contribution in [2.24, 2.45) is 0 Å². The highest BCUT2D eigenvalue weighted by Gasteiger charge is 2.23. The summed E-state index contributed by atoms with van der Waals surface area (Å²) in [5, 5.41) is 22.2. The highest BCUT2D eigenvalue weighted by atomic mass is 15.4. The second kappa shape index (κ2) is 7.88. The number of hydrogen-bond donors (Lipinski definition) is 1. The minimum atomic E-state index is 0.191. The van der Waals surface area contributed by atoms with Gasteiger partial charge in [-0.25, -0.2) is 14.6 Å². The number of pyridine rings is 1. The highest BCUT2D eigenvalue weighted by molar-refractivity contribution is 5.89. The molecule has 10 nitrogen and oxygen atoms in total. The molecule has 0 saturated carbocycles. The fraction of sp³-hybridized carbons (Fsp3) is 0.136. The lowest BCUT2D eigenvalue weighted by molar-refractivity contribution is 0.632. The Hall–Kier alpha value is -4.65. The van der Waals surface area contributed by atoms with Crippen LogP contribution < -0.4 is 5.73 Å². The number of nitrogens with two attached hydrogens (primary N) is 1. The van der Waals surface area contributed by atoms with Crippen LogP contribution in [0.4, 0.5) is 5.95 Å². The summed E-state index contributed by atoms with van der Waals surface area (Å²) in [5.41, 5.74) is 11.0. The number of anilines is 1. The Kier molecular flexibility index (Phi) is 4.76. The van der Waals surface area contributed by atoms with Gasteiger partial charge in [-0.3, -0.25) is 4.98 Å². The molecule has 5 rings (SSSR count). The predicted molar refractivity (Wildman–Crippen MR) is 117 cm³/mol. The highest BCUT2D eigenvalue weighted by Crippen LogP contribution is 2.34. The third kappa shape index (κ3) is 3.31. The van der Waals surface area contributed by atoms with Gasteiger partial charge in [-0.1, -0.05) is 23.4 Å². The maximum absolute atomic E-state index is 9.36. The molecular weight excluding hydrogens is 404 g/mol. The largest absolute Gasteiger partial charge is 0.368 e. The Bertz CT molecular complexity index is 1460. The van der Waals surface area contributed by atoms with Crippen molar-refractivity contribution >= 4 is 11.6 Å². The van der Waals surface area contributed by atoms with Gasteiger partial charge in [0.05, 0.1) is 41.2 Å². The van der Waals surface area contributed by atoms with Crippen molar-refractivity contribution in [2.75, 3.05) is 5.73 Å². The first-order valence-electron chi connectivity index (χ1n) is 10.0. The number of aromatic nitrogens is 8. The maximum Gasteiger partial charge on any atom is 0.223 e. The van der Waals surface area contributed by atoms with Gasteiger partial charge in [0.15, 0.2) is 11.5 Å². The van der Waals surface area contributed by atoms with E-state index in [0.29, 0.717) is 41.3 Å². The van der Waals surface area contributed by atoms with Gasteiger partial charge in [-0.05, 0) is 31.2 Å². The zero-order chi connectivity index (χ0) is 22.1. The molecule has 32 heavy (non-hydrogen) atoms. The molecule has 0 aliphatic carbocycles. The molecule has 0 unspecified atom stereocenters. The van der Waals surface area contributed by atoms with Crippen molar-refractivity contribution in [3.8, 4) is 28.6 Å². The van der Waals surface area contributed by atoms with E-state index < -0.39 is 0 Å². The minimum absolute atomic E-state index is 0.191. The van der Waals surface area contributed by atoms with Gasteiger partial charge < -0.3 is 5.73 Å². The molecule has 0 aliphatic heterocycles. The minimum Gasteiger partial charge on any atom is -0.368 e. The average Bonchev–Trinajstić information content (AvgIpc) is 3.47. The molecule has 0 aliphatic rings. The van der Waals surface area contributed by atoms with Crippen molar-refractivity contribution in [1.29, 1.82) is 5.26 Å². The van der Waals surface area contributed by atoms with Crippen LogP contribution >= 0.6 is 0 Å². The Morgan fingerprint density at radius 2 is 2.03 bits per heavy atom. The number of hydrogen-bond acceptors (Lipinski definition) is 8. The first-order chi connectivity index (χ1) is 15.7. The topological polar surface area (TPSA) is 136 Å². The van der Waals surface area contributed by atoms with E-state index in [0.717, 1.165) is 17.0 Å². The molecule has 1 aromatic carbocycles. The van der Waals surface area contributed by atoms with Crippen molar-refractivity contribution in [3.63, 3.8) is 0 Å². The number of rotatable bonds is 5. The predicted octanol–water partition coefficient (Wildman–Crippen LogP) is 2.51. The Balaban J connectivity index is 1.78. The summed E-state index contributed by atoms with van der Waals surface area (Å²) in [4.78, 5) is 13.8. The zero-order valence-electron chi connectivity index (χ0n) is 17.2. The first kappa shape index (κ1) is 19.3. The number of benzene rings is 1. The van der Waals surface area contributed by atoms with E-state index >= 15 is 0 Å². The summed E-state index contributed by atoms with van der Waals surface area (Å²) in [5.74, 6) is 0.758. The molecule has 4 aromatic heterocycles. The summed E-state index contributed by atoms with van der Waals surface area (Å²) < 4.78 is 3.29. The van der Waals surface area contributed by atoms with Crippen LogP contribution in [0, 0.1) is 11.3 Å². The molecule has 156 valence electrons. The molecule has 0 amide bonds. The molecule has 0 saturated heterocycles. The number of aryl methyl sites for hydroxylation is 1. The van der Waals surface area contributed by atoms with Crippen molar-refractivity contribution in [2.45, 2.75) is 19.9 Å². The molecule has 0 radical (unpaired) electrons. The van der Waals surface area contributed by atoms with Gasteiger partial charge >= 0.3 is 0 Å². The summed E-state index contributed by atoms with van der Waals surface area (Å²) in [7, 11) is 0. The van der Waals surface area contributed by atoms with E-state index in [2.05, 4.69) is 31.4 Å². The molecule has 10 heteroatoms. The fourth-order valence-electron chi connectivity index (χ4n) is 3.61. The van der Waals surface area contributed by atoms with Gasteiger partial charge in [-0.15, -0.1) is 10.2 Å². The lowest BCUT2D eigenvalue weighted by atomic mass is 10.0. The Labute approximate surface area is 183 Å². The smallest absolute Gasteiger partial charge is 0.223 e. The van der Waals surface area contributed by atoms with Crippen LogP contribution in [-0.4, -0.2) is 39.6 Å². The SMILES string of the molecule is CCn1nncc1-c1c(-c2cccc(C#N)c2)nc(N)n2nc(Cc3ccccn3)nc12. The van der Waals surface area contributed by atoms with E-state index in [1.165, 1.54) is 4.52 Å². The van der Waals surface area contributed by atoms with Crippen LogP contribution in [0.25, 0.3) is 28.2 Å². The normalized spacial score (nSPS) is 11.0. The summed E-state index contributed by atoms with van der Waals surface area (Å²) in [6.45, 7) is 2.59. The fourth-order valence-corrected chi connectivity index (χ4v) is 3.61. The molecule has 2 N–H and O–H groups in total. The molecular formula is C22H18N10. The van der Waals surface area contributed by atoms with Gasteiger partial charge in [0.25, 0.3) is 0 Å². The van der Waals surface area contributed by atoms with Gasteiger partial charge in [0.2, 0.25) is 5.95 Å². The Morgan fingerprint density at radius 3 is 2.81 bits per heavy atom. The molecule has 5 aromatic rings. The number of fused-ring (bicyclic) bond motifs is 1. The van der Waals surface area contributed by atoms with Crippen molar-refractivity contribution in [3.05, 3.63) is 71.9 Å². The van der Waals surface area contributed by atoms with Crippen molar-refractivity contribution in [1.82, 2.24) is 39.6 Å². The van der Waals surface area contributed by atoms with E-state index in [-0.39, 0.29) is 5.95 Å². The van der Waals surface area contributed by atoms with Gasteiger partial charge in [0, 0.05) is 24.0 Å². The molecule has 0 bridgehead atoms. The lowest BCUT2D eigenvalue weighted by Gasteiger charge is -2.12. The van der Waals surface area contributed by atoms with E-state index in [1.807, 2.05) is 37.3 Å². The third-order valence-electron chi connectivity index (χ3n) is 5.06. The van der Waals surface area contributed by atoms with Crippen LogP contribution in [0.5, 0.6) is 0 Å². The van der Waals surface area contributed by atoms with E-state index in [1.54, 1.807) is 29.2 Å². The van der Waals surface area contributed by atoms with Crippen LogP contribution in [-0.2, 0) is 13.0 Å².